The van der Waals surface area contributed by atoms with E-state index in [2.05, 4.69) is 5.32 Å². The first kappa shape index (κ1) is 13.9. The lowest BCUT2D eigenvalue weighted by Gasteiger charge is -2.18. The molecule has 2 rings (SSSR count). The van der Waals surface area contributed by atoms with Crippen LogP contribution in [-0.2, 0) is 4.79 Å². The van der Waals surface area contributed by atoms with E-state index in [4.69, 9.17) is 5.73 Å². The molecule has 2 aromatic rings. The summed E-state index contributed by atoms with van der Waals surface area (Å²) in [5.41, 5.74) is 7.33. The van der Waals surface area contributed by atoms with Gasteiger partial charge in [-0.25, -0.2) is 4.39 Å². The smallest absolute Gasteiger partial charge is 0.244 e. The van der Waals surface area contributed by atoms with Crippen LogP contribution in [0.25, 0.3) is 0 Å². The maximum absolute atomic E-state index is 13.3. The fourth-order valence-corrected chi connectivity index (χ4v) is 1.98. The number of nitrogens with one attached hydrogen (secondary N) is 1. The van der Waals surface area contributed by atoms with Crippen LogP contribution in [-0.4, -0.2) is 11.0 Å². The van der Waals surface area contributed by atoms with Gasteiger partial charge in [0.05, 0.1) is 0 Å². The lowest BCUT2D eigenvalue weighted by molar-refractivity contribution is -0.118. The van der Waals surface area contributed by atoms with E-state index >= 15 is 0 Å². The van der Waals surface area contributed by atoms with Crippen LogP contribution in [0.4, 0.5) is 10.1 Å². The van der Waals surface area contributed by atoms with Gasteiger partial charge in [-0.1, -0.05) is 12.1 Å². The Labute approximate surface area is 116 Å². The average molecular weight is 274 g/mol. The number of primary amides is 1. The van der Waals surface area contributed by atoms with Crippen LogP contribution < -0.4 is 11.1 Å². The number of anilines is 1. The molecule has 0 spiro atoms. The highest BCUT2D eigenvalue weighted by molar-refractivity contribution is 5.84. The lowest BCUT2D eigenvalue weighted by atomic mass is 10.0. The average Bonchev–Trinajstić information content (AvgIpc) is 2.34. The molecule has 5 heteroatoms. The van der Waals surface area contributed by atoms with Gasteiger partial charge in [0.25, 0.3) is 0 Å². The predicted molar refractivity (Wildman–Crippen MR) is 74.8 cm³/mol. The summed E-state index contributed by atoms with van der Waals surface area (Å²) in [5, 5.41) is 12.4. The van der Waals surface area contributed by atoms with Gasteiger partial charge in [-0.3, -0.25) is 4.79 Å². The van der Waals surface area contributed by atoms with Gasteiger partial charge in [0, 0.05) is 11.8 Å². The van der Waals surface area contributed by atoms with Crippen molar-refractivity contribution in [2.24, 2.45) is 5.73 Å². The lowest BCUT2D eigenvalue weighted by Crippen LogP contribution is -2.27. The molecule has 2 aromatic carbocycles. The zero-order valence-corrected chi connectivity index (χ0v) is 10.9. The van der Waals surface area contributed by atoms with E-state index in [1.54, 1.807) is 6.07 Å². The second-order valence-electron chi connectivity index (χ2n) is 4.59. The van der Waals surface area contributed by atoms with Gasteiger partial charge in [-0.2, -0.15) is 0 Å². The molecule has 0 aliphatic heterocycles. The molecule has 4 N–H and O–H groups in total. The first-order valence-electron chi connectivity index (χ1n) is 6.07. The van der Waals surface area contributed by atoms with Crippen molar-refractivity contribution in [1.82, 2.24) is 0 Å². The molecule has 0 heterocycles. The molecule has 104 valence electrons. The largest absolute Gasteiger partial charge is 0.508 e. The van der Waals surface area contributed by atoms with Gasteiger partial charge < -0.3 is 16.2 Å². The van der Waals surface area contributed by atoms with Gasteiger partial charge in [-0.15, -0.1) is 0 Å². The molecule has 0 fully saturated rings. The molecule has 0 aliphatic carbocycles. The van der Waals surface area contributed by atoms with Crippen molar-refractivity contribution < 1.29 is 14.3 Å². The molecule has 0 bridgehead atoms. The number of phenolic OH excluding ortho intramolecular Hbond substituents is 1. The first-order valence-corrected chi connectivity index (χ1v) is 6.07. The van der Waals surface area contributed by atoms with E-state index in [0.717, 1.165) is 17.7 Å². The van der Waals surface area contributed by atoms with Crippen LogP contribution in [0, 0.1) is 12.7 Å². The third kappa shape index (κ3) is 3.26. The summed E-state index contributed by atoms with van der Waals surface area (Å²) in [7, 11) is 0. The molecule has 20 heavy (non-hydrogen) atoms. The number of hydrogen-bond acceptors (Lipinski definition) is 3. The molecule has 4 nitrogen and oxygen atoms in total. The third-order valence-electron chi connectivity index (χ3n) is 2.85. The normalized spacial score (nSPS) is 11.9. The number of benzene rings is 2. The predicted octanol–water partition coefficient (Wildman–Crippen LogP) is 2.48. The SMILES string of the molecule is Cc1cccc(NC(C(N)=O)c2cc(O)cc(F)c2)c1. The summed E-state index contributed by atoms with van der Waals surface area (Å²) in [4.78, 5) is 11.6. The number of aryl methyl sites for hydroxylation is 1. The quantitative estimate of drug-likeness (QED) is 0.801. The number of amides is 1. The Kier molecular flexibility index (Phi) is 3.89. The zero-order chi connectivity index (χ0) is 14.7. The Bertz CT molecular complexity index is 623. The summed E-state index contributed by atoms with van der Waals surface area (Å²) in [6.45, 7) is 1.92. The number of phenols is 1. The molecule has 0 aromatic heterocycles. The summed E-state index contributed by atoms with van der Waals surface area (Å²) < 4.78 is 13.3. The maximum Gasteiger partial charge on any atom is 0.244 e. The molecule has 1 amide bonds. The minimum Gasteiger partial charge on any atom is -0.508 e. The number of aromatic hydroxyl groups is 1. The van der Waals surface area contributed by atoms with Gasteiger partial charge in [0.15, 0.2) is 0 Å². The van der Waals surface area contributed by atoms with Gasteiger partial charge in [-0.05, 0) is 42.3 Å². The van der Waals surface area contributed by atoms with Crippen LogP contribution in [0.3, 0.4) is 0 Å². The van der Waals surface area contributed by atoms with Crippen molar-refractivity contribution in [2.75, 3.05) is 5.32 Å². The number of carbonyl (C=O) groups excluding carboxylic acids is 1. The van der Waals surface area contributed by atoms with Gasteiger partial charge >= 0.3 is 0 Å². The number of rotatable bonds is 4. The topological polar surface area (TPSA) is 75.3 Å². The van der Waals surface area contributed by atoms with Crippen LogP contribution in [0.1, 0.15) is 17.2 Å². The molecule has 0 radical (unpaired) electrons. The Hall–Kier alpha value is -2.56. The fraction of sp³-hybridized carbons (Fsp3) is 0.133. The number of nitrogens with two attached hydrogens (primary N) is 1. The van der Waals surface area contributed by atoms with Gasteiger partial charge in [0.1, 0.15) is 17.6 Å². The Morgan fingerprint density at radius 3 is 2.65 bits per heavy atom. The molecule has 0 aliphatic rings. The summed E-state index contributed by atoms with van der Waals surface area (Å²) in [5.74, 6) is -1.54. The van der Waals surface area contributed by atoms with E-state index in [9.17, 15) is 14.3 Å². The molecular formula is C15H15FN2O2. The standard InChI is InChI=1S/C15H15FN2O2/c1-9-3-2-4-12(5-9)18-14(15(17)20)10-6-11(16)8-13(19)7-10/h2-8,14,18-19H,1H3,(H2,17,20). The van der Waals surface area contributed by atoms with Crippen molar-refractivity contribution in [3.05, 3.63) is 59.4 Å². The number of hydrogen-bond donors (Lipinski definition) is 3. The van der Waals surface area contributed by atoms with E-state index in [1.165, 1.54) is 6.07 Å². The van der Waals surface area contributed by atoms with Crippen molar-refractivity contribution >= 4 is 11.6 Å². The highest BCUT2D eigenvalue weighted by atomic mass is 19.1. The van der Waals surface area contributed by atoms with Crippen molar-refractivity contribution in [1.29, 1.82) is 0 Å². The first-order chi connectivity index (χ1) is 9.45. The summed E-state index contributed by atoms with van der Waals surface area (Å²) in [6.07, 6.45) is 0. The van der Waals surface area contributed by atoms with Crippen LogP contribution in [0.5, 0.6) is 5.75 Å². The highest BCUT2D eigenvalue weighted by Gasteiger charge is 2.19. The zero-order valence-electron chi connectivity index (χ0n) is 10.9. The van der Waals surface area contributed by atoms with Crippen LogP contribution in [0.2, 0.25) is 0 Å². The molecule has 0 saturated heterocycles. The highest BCUT2D eigenvalue weighted by Crippen LogP contribution is 2.24. The van der Waals surface area contributed by atoms with Crippen LogP contribution in [0.15, 0.2) is 42.5 Å². The minimum absolute atomic E-state index is 0.253. The summed E-state index contributed by atoms with van der Waals surface area (Å²) in [6, 6.07) is 9.89. The summed E-state index contributed by atoms with van der Waals surface area (Å²) >= 11 is 0. The maximum atomic E-state index is 13.3. The molecule has 1 unspecified atom stereocenters. The fourth-order valence-electron chi connectivity index (χ4n) is 1.98. The van der Waals surface area contributed by atoms with Crippen LogP contribution >= 0.6 is 0 Å². The number of carbonyl (C=O) groups is 1. The second-order valence-corrected chi connectivity index (χ2v) is 4.59. The van der Waals surface area contributed by atoms with Crippen molar-refractivity contribution in [3.8, 4) is 5.75 Å². The monoisotopic (exact) mass is 274 g/mol. The molecular weight excluding hydrogens is 259 g/mol. The minimum atomic E-state index is -0.918. The Morgan fingerprint density at radius 2 is 2.05 bits per heavy atom. The van der Waals surface area contributed by atoms with E-state index in [1.807, 2.05) is 25.1 Å². The van der Waals surface area contributed by atoms with Gasteiger partial charge in [0.2, 0.25) is 5.91 Å². The van der Waals surface area contributed by atoms with E-state index in [-0.39, 0.29) is 11.3 Å². The van der Waals surface area contributed by atoms with E-state index in [0.29, 0.717) is 5.69 Å². The van der Waals surface area contributed by atoms with Crippen molar-refractivity contribution in [2.45, 2.75) is 13.0 Å². The van der Waals surface area contributed by atoms with E-state index < -0.39 is 17.8 Å². The second kappa shape index (κ2) is 5.61. The number of halogens is 1. The molecule has 0 saturated carbocycles. The third-order valence-corrected chi connectivity index (χ3v) is 2.85. The Balaban J connectivity index is 2.34. The van der Waals surface area contributed by atoms with Crippen molar-refractivity contribution in [3.63, 3.8) is 0 Å². The molecule has 1 atom stereocenters. The Morgan fingerprint density at radius 1 is 1.30 bits per heavy atom.